The van der Waals surface area contributed by atoms with Crippen molar-refractivity contribution in [2.45, 2.75) is 335 Å². The Morgan fingerprint density at radius 1 is 0.290 bits per heavy atom. The number of unbranched alkanes of at least 4 members (excludes halogenated alkanes) is 39. The summed E-state index contributed by atoms with van der Waals surface area (Å²) < 4.78 is 16.9. The van der Waals surface area contributed by atoms with E-state index in [9.17, 15) is 14.4 Å². The number of ether oxygens (including phenoxy) is 3. The molecule has 404 valence electrons. The molecule has 0 heterocycles. The Balaban J connectivity index is 4.35. The molecule has 0 aliphatic heterocycles. The molecule has 0 saturated carbocycles. The highest BCUT2D eigenvalue weighted by atomic mass is 16.6. The predicted molar refractivity (Wildman–Crippen MR) is 298 cm³/mol. The first-order valence-electron chi connectivity index (χ1n) is 30.5. The number of esters is 3. The fraction of sp³-hybridized carbons (Fsp3) is 0.857. The molecule has 1 unspecified atom stereocenters. The molecule has 69 heavy (non-hydrogen) atoms. The van der Waals surface area contributed by atoms with Gasteiger partial charge in [-0.15, -0.1) is 0 Å². The van der Waals surface area contributed by atoms with Crippen molar-refractivity contribution in [3.05, 3.63) is 36.5 Å². The molecule has 0 aromatic rings. The van der Waals surface area contributed by atoms with E-state index in [-0.39, 0.29) is 31.1 Å². The fourth-order valence-corrected chi connectivity index (χ4v) is 9.04. The Bertz CT molecular complexity index is 1160. The standard InChI is InChI=1S/C63H116O6/c1-4-7-10-13-16-19-22-25-28-31-32-33-36-38-41-44-47-50-53-56-62(65)68-59-60(69-63(66)57-54-51-48-45-42-39-35-30-27-24-21-18-15-12-9-6-3)58-67-61(64)55-52-49-46-43-40-37-34-29-26-23-20-17-14-11-8-5-2/h16,19,25,28,32-33,60H,4-15,17-18,20-24,26-27,29-31,34-59H2,1-3H3/b19-16-,28-25-,33-32-. The molecule has 0 fully saturated rings. The van der Waals surface area contributed by atoms with Crippen molar-refractivity contribution in [1.29, 1.82) is 0 Å². The maximum atomic E-state index is 12.9. The minimum atomic E-state index is -0.774. The van der Waals surface area contributed by atoms with Crippen molar-refractivity contribution in [2.75, 3.05) is 13.2 Å². The van der Waals surface area contributed by atoms with Crippen molar-refractivity contribution in [2.24, 2.45) is 0 Å². The van der Waals surface area contributed by atoms with E-state index >= 15 is 0 Å². The summed E-state index contributed by atoms with van der Waals surface area (Å²) in [5.41, 5.74) is 0. The molecule has 0 amide bonds. The van der Waals surface area contributed by atoms with Crippen LogP contribution in [0, 0.1) is 0 Å². The zero-order chi connectivity index (χ0) is 50.0. The average molecular weight is 970 g/mol. The van der Waals surface area contributed by atoms with Gasteiger partial charge in [0.15, 0.2) is 6.10 Å². The topological polar surface area (TPSA) is 78.9 Å². The minimum absolute atomic E-state index is 0.0710. The van der Waals surface area contributed by atoms with E-state index in [0.29, 0.717) is 19.3 Å². The smallest absolute Gasteiger partial charge is 0.306 e. The van der Waals surface area contributed by atoms with Crippen LogP contribution in [0.25, 0.3) is 0 Å². The number of hydrogen-bond donors (Lipinski definition) is 0. The zero-order valence-electron chi connectivity index (χ0n) is 46.3. The molecule has 1 atom stereocenters. The highest BCUT2D eigenvalue weighted by Gasteiger charge is 2.19. The highest BCUT2D eigenvalue weighted by molar-refractivity contribution is 5.71. The van der Waals surface area contributed by atoms with Crippen molar-refractivity contribution >= 4 is 17.9 Å². The van der Waals surface area contributed by atoms with Crippen LogP contribution in [0.2, 0.25) is 0 Å². The lowest BCUT2D eigenvalue weighted by molar-refractivity contribution is -0.167. The molecule has 6 heteroatoms. The second-order valence-electron chi connectivity index (χ2n) is 20.6. The highest BCUT2D eigenvalue weighted by Crippen LogP contribution is 2.17. The molecule has 0 N–H and O–H groups in total. The number of allylic oxidation sites excluding steroid dienone is 6. The third-order valence-corrected chi connectivity index (χ3v) is 13.6. The van der Waals surface area contributed by atoms with Gasteiger partial charge in [-0.25, -0.2) is 0 Å². The molecule has 0 rings (SSSR count). The van der Waals surface area contributed by atoms with Gasteiger partial charge in [-0.3, -0.25) is 14.4 Å². The van der Waals surface area contributed by atoms with Gasteiger partial charge in [0.2, 0.25) is 0 Å². The summed E-state index contributed by atoms with van der Waals surface area (Å²) in [5.74, 6) is -0.861. The van der Waals surface area contributed by atoms with Crippen LogP contribution in [0.1, 0.15) is 329 Å². The van der Waals surface area contributed by atoms with Gasteiger partial charge >= 0.3 is 17.9 Å². The second kappa shape index (κ2) is 58.2. The summed E-state index contributed by atoms with van der Waals surface area (Å²) in [6.45, 7) is 6.66. The van der Waals surface area contributed by atoms with Gasteiger partial charge in [-0.05, 0) is 57.8 Å². The molecular weight excluding hydrogens is 853 g/mol. The van der Waals surface area contributed by atoms with Gasteiger partial charge in [0.25, 0.3) is 0 Å². The molecule has 0 aliphatic rings. The Morgan fingerprint density at radius 2 is 0.522 bits per heavy atom. The first-order valence-corrected chi connectivity index (χ1v) is 30.5. The molecule has 0 aromatic heterocycles. The summed E-state index contributed by atoms with van der Waals surface area (Å²) in [7, 11) is 0. The monoisotopic (exact) mass is 969 g/mol. The predicted octanol–water partition coefficient (Wildman–Crippen LogP) is 20.4. The normalized spacial score (nSPS) is 12.2. The summed E-state index contributed by atoms with van der Waals surface area (Å²) in [6, 6.07) is 0. The zero-order valence-corrected chi connectivity index (χ0v) is 46.3. The summed E-state index contributed by atoms with van der Waals surface area (Å²) in [6.07, 6.45) is 69.9. The molecule has 0 saturated heterocycles. The van der Waals surface area contributed by atoms with Crippen LogP contribution >= 0.6 is 0 Å². The van der Waals surface area contributed by atoms with Gasteiger partial charge in [0.05, 0.1) is 0 Å². The van der Waals surface area contributed by atoms with E-state index in [2.05, 4.69) is 57.2 Å². The van der Waals surface area contributed by atoms with E-state index in [0.717, 1.165) is 77.0 Å². The van der Waals surface area contributed by atoms with Gasteiger partial charge in [0, 0.05) is 19.3 Å². The molecule has 0 bridgehead atoms. The lowest BCUT2D eigenvalue weighted by Crippen LogP contribution is -2.30. The molecular formula is C63H116O6. The van der Waals surface area contributed by atoms with Crippen molar-refractivity contribution in [1.82, 2.24) is 0 Å². The largest absolute Gasteiger partial charge is 0.462 e. The van der Waals surface area contributed by atoms with Crippen LogP contribution in [0.4, 0.5) is 0 Å². The van der Waals surface area contributed by atoms with E-state index in [4.69, 9.17) is 14.2 Å². The summed E-state index contributed by atoms with van der Waals surface area (Å²) in [5, 5.41) is 0. The van der Waals surface area contributed by atoms with E-state index in [1.54, 1.807) is 0 Å². The van der Waals surface area contributed by atoms with E-state index in [1.165, 1.54) is 212 Å². The van der Waals surface area contributed by atoms with Gasteiger partial charge in [-0.2, -0.15) is 0 Å². The first kappa shape index (κ1) is 66.6. The maximum Gasteiger partial charge on any atom is 0.306 e. The van der Waals surface area contributed by atoms with Crippen LogP contribution < -0.4 is 0 Å². The second-order valence-corrected chi connectivity index (χ2v) is 20.6. The van der Waals surface area contributed by atoms with E-state index in [1.807, 2.05) is 0 Å². The molecule has 0 aliphatic carbocycles. The maximum absolute atomic E-state index is 12.9. The van der Waals surface area contributed by atoms with Gasteiger partial charge in [-0.1, -0.05) is 288 Å². The summed E-state index contributed by atoms with van der Waals surface area (Å²) in [4.78, 5) is 38.2. The number of hydrogen-bond acceptors (Lipinski definition) is 6. The quantitative estimate of drug-likeness (QED) is 0.0261. The Labute approximate surface area is 429 Å². The van der Waals surface area contributed by atoms with Gasteiger partial charge < -0.3 is 14.2 Å². The van der Waals surface area contributed by atoms with Crippen LogP contribution in [0.15, 0.2) is 36.5 Å². The van der Waals surface area contributed by atoms with Crippen molar-refractivity contribution in [3.8, 4) is 0 Å². The Hall–Kier alpha value is -2.37. The third kappa shape index (κ3) is 56.4. The lowest BCUT2D eigenvalue weighted by Gasteiger charge is -2.18. The lowest BCUT2D eigenvalue weighted by atomic mass is 10.0. The Kier molecular flexibility index (Phi) is 56.2. The number of carbonyl (C=O) groups is 3. The fourth-order valence-electron chi connectivity index (χ4n) is 9.04. The molecule has 0 radical (unpaired) electrons. The summed E-state index contributed by atoms with van der Waals surface area (Å²) >= 11 is 0. The van der Waals surface area contributed by atoms with Crippen molar-refractivity contribution < 1.29 is 28.6 Å². The first-order chi connectivity index (χ1) is 34.0. The third-order valence-electron chi connectivity index (χ3n) is 13.6. The van der Waals surface area contributed by atoms with Crippen LogP contribution in [-0.2, 0) is 28.6 Å². The van der Waals surface area contributed by atoms with Crippen LogP contribution in [0.3, 0.4) is 0 Å². The molecule has 0 spiro atoms. The van der Waals surface area contributed by atoms with Crippen LogP contribution in [0.5, 0.6) is 0 Å². The van der Waals surface area contributed by atoms with Gasteiger partial charge in [0.1, 0.15) is 13.2 Å². The van der Waals surface area contributed by atoms with E-state index < -0.39 is 6.10 Å². The Morgan fingerprint density at radius 3 is 0.841 bits per heavy atom. The average Bonchev–Trinajstić information content (AvgIpc) is 3.35. The number of rotatable bonds is 56. The minimum Gasteiger partial charge on any atom is -0.462 e. The molecule has 6 nitrogen and oxygen atoms in total. The SMILES string of the molecule is CCCCC/C=C\C/C=C\C/C=C\CCCCCCCCC(=O)OCC(COC(=O)CCCCCCCCCCCCCCCCCC)OC(=O)CCCCCCCCCCCCCCCCCC. The molecule has 0 aromatic carbocycles. The number of carbonyl (C=O) groups excluding carboxylic acids is 3. The van der Waals surface area contributed by atoms with Crippen LogP contribution in [-0.4, -0.2) is 37.2 Å². The van der Waals surface area contributed by atoms with Crippen molar-refractivity contribution in [3.63, 3.8) is 0 Å².